The summed E-state index contributed by atoms with van der Waals surface area (Å²) < 4.78 is 18.3. The summed E-state index contributed by atoms with van der Waals surface area (Å²) in [6, 6.07) is 3.36. The largest absolute Gasteiger partial charge is 0.492 e. The lowest BCUT2D eigenvalue weighted by molar-refractivity contribution is -0.118. The fourth-order valence-corrected chi connectivity index (χ4v) is 1.39. The van der Waals surface area contributed by atoms with Crippen molar-refractivity contribution in [1.29, 1.82) is 0 Å². The average molecular weight is 254 g/mol. The van der Waals surface area contributed by atoms with Gasteiger partial charge in [0, 0.05) is 6.07 Å². The molecule has 0 saturated heterocycles. The van der Waals surface area contributed by atoms with Crippen LogP contribution in [-0.4, -0.2) is 18.6 Å². The number of hydrogen-bond acceptors (Lipinski definition) is 3. The Morgan fingerprint density at radius 3 is 2.72 bits per heavy atom. The van der Waals surface area contributed by atoms with Gasteiger partial charge >= 0.3 is 0 Å². The third kappa shape index (κ3) is 3.70. The zero-order chi connectivity index (χ0) is 13.7. The summed E-state index contributed by atoms with van der Waals surface area (Å²) >= 11 is 0. The van der Waals surface area contributed by atoms with Gasteiger partial charge in [-0.3, -0.25) is 4.79 Å². The number of benzene rings is 1. The Morgan fingerprint density at radius 2 is 2.17 bits per heavy atom. The minimum absolute atomic E-state index is 0.0287. The first kappa shape index (κ1) is 14.4. The Morgan fingerprint density at radius 1 is 1.50 bits per heavy atom. The molecule has 0 aliphatic heterocycles. The van der Waals surface area contributed by atoms with Gasteiger partial charge in [0.05, 0.1) is 18.3 Å². The lowest BCUT2D eigenvalue weighted by atomic mass is 10.0. The third-order valence-corrected chi connectivity index (χ3v) is 2.52. The second kappa shape index (κ2) is 6.35. The van der Waals surface area contributed by atoms with Gasteiger partial charge in [0.2, 0.25) is 5.91 Å². The molecule has 1 amide bonds. The first-order valence-electron chi connectivity index (χ1n) is 5.94. The van der Waals surface area contributed by atoms with E-state index >= 15 is 0 Å². The monoisotopic (exact) mass is 254 g/mol. The number of nitrogens with one attached hydrogen (secondary N) is 1. The van der Waals surface area contributed by atoms with E-state index in [0.29, 0.717) is 18.0 Å². The van der Waals surface area contributed by atoms with Crippen molar-refractivity contribution in [2.75, 3.05) is 11.9 Å². The third-order valence-electron chi connectivity index (χ3n) is 2.52. The molecule has 0 aliphatic rings. The molecule has 1 aromatic carbocycles. The lowest BCUT2D eigenvalue weighted by Crippen LogP contribution is -2.39. The normalized spacial score (nSPS) is 12.3. The molecule has 100 valence electrons. The molecule has 0 radical (unpaired) electrons. The van der Waals surface area contributed by atoms with E-state index in [0.717, 1.165) is 0 Å². The number of carbonyl (C=O) groups excluding carboxylic acids is 1. The quantitative estimate of drug-likeness (QED) is 0.846. The van der Waals surface area contributed by atoms with Crippen molar-refractivity contribution in [2.45, 2.75) is 26.8 Å². The Kier molecular flexibility index (Phi) is 5.09. The fourth-order valence-electron chi connectivity index (χ4n) is 1.39. The highest BCUT2D eigenvalue weighted by molar-refractivity contribution is 5.96. The van der Waals surface area contributed by atoms with Crippen LogP contribution in [0.3, 0.4) is 0 Å². The molecule has 4 nitrogen and oxygen atoms in total. The molecule has 1 aromatic rings. The van der Waals surface area contributed by atoms with Crippen LogP contribution in [0.5, 0.6) is 5.75 Å². The molecular weight excluding hydrogens is 235 g/mol. The van der Waals surface area contributed by atoms with Gasteiger partial charge in [-0.05, 0) is 25.0 Å². The Balaban J connectivity index is 2.86. The molecule has 0 fully saturated rings. The van der Waals surface area contributed by atoms with Crippen LogP contribution in [0.4, 0.5) is 10.1 Å². The van der Waals surface area contributed by atoms with Gasteiger partial charge in [-0.15, -0.1) is 0 Å². The average Bonchev–Trinajstić information content (AvgIpc) is 2.31. The van der Waals surface area contributed by atoms with E-state index in [1.165, 1.54) is 18.2 Å². The number of rotatable bonds is 5. The molecule has 5 heteroatoms. The van der Waals surface area contributed by atoms with Crippen molar-refractivity contribution >= 4 is 11.6 Å². The number of nitrogens with two attached hydrogens (primary N) is 1. The van der Waals surface area contributed by atoms with Gasteiger partial charge in [-0.2, -0.15) is 0 Å². The van der Waals surface area contributed by atoms with E-state index in [2.05, 4.69) is 5.32 Å². The Bertz CT molecular complexity index is 421. The molecule has 0 heterocycles. The van der Waals surface area contributed by atoms with Gasteiger partial charge in [0.1, 0.15) is 11.6 Å². The maximum Gasteiger partial charge on any atom is 0.241 e. The number of amides is 1. The predicted molar refractivity (Wildman–Crippen MR) is 69.0 cm³/mol. The summed E-state index contributed by atoms with van der Waals surface area (Å²) in [6.07, 6.45) is 0. The van der Waals surface area contributed by atoms with Crippen LogP contribution in [0.2, 0.25) is 0 Å². The summed E-state index contributed by atoms with van der Waals surface area (Å²) in [5.41, 5.74) is 6.16. The van der Waals surface area contributed by atoms with Crippen molar-refractivity contribution in [1.82, 2.24) is 0 Å². The maximum absolute atomic E-state index is 13.1. The summed E-state index contributed by atoms with van der Waals surface area (Å²) in [5.74, 6) is -0.384. The van der Waals surface area contributed by atoms with Crippen LogP contribution in [0.15, 0.2) is 18.2 Å². The summed E-state index contributed by atoms with van der Waals surface area (Å²) in [6.45, 7) is 5.90. The van der Waals surface area contributed by atoms with Gasteiger partial charge in [0.25, 0.3) is 0 Å². The second-order valence-corrected chi connectivity index (χ2v) is 4.33. The van der Waals surface area contributed by atoms with Crippen LogP contribution in [-0.2, 0) is 4.79 Å². The van der Waals surface area contributed by atoms with Crippen molar-refractivity contribution in [3.63, 3.8) is 0 Å². The van der Waals surface area contributed by atoms with Crippen LogP contribution in [0, 0.1) is 11.7 Å². The number of ether oxygens (including phenoxy) is 1. The van der Waals surface area contributed by atoms with Gasteiger partial charge in [-0.25, -0.2) is 4.39 Å². The van der Waals surface area contributed by atoms with E-state index in [9.17, 15) is 9.18 Å². The Hall–Kier alpha value is -1.62. The first-order chi connectivity index (χ1) is 8.45. The van der Waals surface area contributed by atoms with E-state index in [-0.39, 0.29) is 11.8 Å². The molecule has 0 aliphatic carbocycles. The van der Waals surface area contributed by atoms with Crippen molar-refractivity contribution in [2.24, 2.45) is 11.7 Å². The van der Waals surface area contributed by atoms with E-state index in [1.807, 2.05) is 13.8 Å². The van der Waals surface area contributed by atoms with Crippen molar-refractivity contribution < 1.29 is 13.9 Å². The Labute approximate surface area is 106 Å². The first-order valence-corrected chi connectivity index (χ1v) is 5.94. The van der Waals surface area contributed by atoms with Gasteiger partial charge < -0.3 is 15.8 Å². The highest BCUT2D eigenvalue weighted by Crippen LogP contribution is 2.25. The van der Waals surface area contributed by atoms with Gasteiger partial charge in [0.15, 0.2) is 0 Å². The second-order valence-electron chi connectivity index (χ2n) is 4.33. The number of anilines is 1. The maximum atomic E-state index is 13.1. The molecule has 0 aromatic heterocycles. The summed E-state index contributed by atoms with van der Waals surface area (Å²) in [5, 5.41) is 2.65. The summed E-state index contributed by atoms with van der Waals surface area (Å²) in [7, 11) is 0. The predicted octanol–water partition coefficient (Wildman–Crippen LogP) is 2.15. The number of carbonyl (C=O) groups is 1. The van der Waals surface area contributed by atoms with Crippen LogP contribution >= 0.6 is 0 Å². The molecule has 3 N–H and O–H groups in total. The molecule has 0 saturated carbocycles. The zero-order valence-corrected chi connectivity index (χ0v) is 10.9. The molecular formula is C13H19FN2O2. The van der Waals surface area contributed by atoms with Crippen molar-refractivity contribution in [3.8, 4) is 5.75 Å². The van der Waals surface area contributed by atoms with E-state index < -0.39 is 11.9 Å². The molecule has 0 bridgehead atoms. The minimum atomic E-state index is -0.607. The van der Waals surface area contributed by atoms with Crippen LogP contribution in [0.1, 0.15) is 20.8 Å². The molecule has 18 heavy (non-hydrogen) atoms. The lowest BCUT2D eigenvalue weighted by Gasteiger charge is -2.17. The number of halogens is 1. The van der Waals surface area contributed by atoms with E-state index in [1.54, 1.807) is 6.92 Å². The fraction of sp³-hybridized carbons (Fsp3) is 0.462. The SMILES string of the molecule is CCOc1cc(F)ccc1NC(=O)C(N)C(C)C. The summed E-state index contributed by atoms with van der Waals surface area (Å²) in [4.78, 5) is 11.8. The van der Waals surface area contributed by atoms with Gasteiger partial charge in [-0.1, -0.05) is 13.8 Å². The van der Waals surface area contributed by atoms with E-state index in [4.69, 9.17) is 10.5 Å². The standard InChI is InChI=1S/C13H19FN2O2/c1-4-18-11-7-9(14)5-6-10(11)16-13(17)12(15)8(2)3/h5-8,12H,4,15H2,1-3H3,(H,16,17). The smallest absolute Gasteiger partial charge is 0.241 e. The molecule has 1 atom stereocenters. The molecule has 1 unspecified atom stereocenters. The zero-order valence-electron chi connectivity index (χ0n) is 10.9. The van der Waals surface area contributed by atoms with Crippen molar-refractivity contribution in [3.05, 3.63) is 24.0 Å². The highest BCUT2D eigenvalue weighted by Gasteiger charge is 2.18. The van der Waals surface area contributed by atoms with Crippen LogP contribution in [0.25, 0.3) is 0 Å². The van der Waals surface area contributed by atoms with Crippen LogP contribution < -0.4 is 15.8 Å². The number of hydrogen-bond donors (Lipinski definition) is 2. The molecule has 1 rings (SSSR count). The molecule has 0 spiro atoms. The minimum Gasteiger partial charge on any atom is -0.492 e. The topological polar surface area (TPSA) is 64.3 Å². The highest BCUT2D eigenvalue weighted by atomic mass is 19.1.